The van der Waals surface area contributed by atoms with E-state index in [2.05, 4.69) is 37.6 Å². The number of hydrogen-bond donors (Lipinski definition) is 2. The molecular weight excluding hydrogens is 382 g/mol. The summed E-state index contributed by atoms with van der Waals surface area (Å²) in [7, 11) is 0. The van der Waals surface area contributed by atoms with E-state index in [0.717, 1.165) is 55.2 Å². The van der Waals surface area contributed by atoms with Gasteiger partial charge >= 0.3 is 6.03 Å². The summed E-state index contributed by atoms with van der Waals surface area (Å²) in [4.78, 5) is 23.2. The summed E-state index contributed by atoms with van der Waals surface area (Å²) >= 11 is 1.60. The lowest BCUT2D eigenvalue weighted by Crippen LogP contribution is -2.46. The van der Waals surface area contributed by atoms with Gasteiger partial charge in [-0.1, -0.05) is 0 Å². The minimum absolute atomic E-state index is 0.137. The monoisotopic (exact) mass is 407 g/mol. The van der Waals surface area contributed by atoms with Gasteiger partial charge in [-0.25, -0.2) is 9.78 Å². The van der Waals surface area contributed by atoms with Crippen molar-refractivity contribution in [3.05, 3.63) is 65.9 Å². The molecule has 1 aliphatic heterocycles. The molecule has 3 aromatic rings. The molecule has 6 nitrogen and oxygen atoms in total. The zero-order valence-electron chi connectivity index (χ0n) is 16.3. The van der Waals surface area contributed by atoms with Gasteiger partial charge in [-0.3, -0.25) is 4.98 Å². The first-order valence-electron chi connectivity index (χ1n) is 9.95. The first-order valence-corrected chi connectivity index (χ1v) is 10.8. The third kappa shape index (κ3) is 5.62. The fourth-order valence-electron chi connectivity index (χ4n) is 3.55. The standard InChI is InChI=1S/C22H25N5OS/c28-22(25-19-3-1-18(2-4-19)21-24-12-16-29-21)26-20-8-14-27(15-9-20)13-7-17-5-10-23-11-6-17/h1-6,10-12,16,20H,7-9,13-15H2,(H2,25,26,28). The summed E-state index contributed by atoms with van der Waals surface area (Å²) in [5.41, 5.74) is 3.17. The van der Waals surface area contributed by atoms with Crippen LogP contribution in [0.15, 0.2) is 60.4 Å². The third-order valence-corrected chi connectivity index (χ3v) is 6.03. The molecule has 0 aliphatic carbocycles. The maximum Gasteiger partial charge on any atom is 0.319 e. The summed E-state index contributed by atoms with van der Waals surface area (Å²) in [6, 6.07) is 12.0. The third-order valence-electron chi connectivity index (χ3n) is 5.21. The maximum atomic E-state index is 12.3. The lowest BCUT2D eigenvalue weighted by molar-refractivity contribution is 0.197. The van der Waals surface area contributed by atoms with E-state index in [0.29, 0.717) is 0 Å². The molecule has 29 heavy (non-hydrogen) atoms. The van der Waals surface area contributed by atoms with Gasteiger partial charge in [0, 0.05) is 60.9 Å². The Hall–Kier alpha value is -2.77. The average molecular weight is 408 g/mol. The number of urea groups is 1. The molecule has 2 N–H and O–H groups in total. The molecule has 1 aromatic carbocycles. The normalized spacial score (nSPS) is 15.2. The van der Waals surface area contributed by atoms with Crippen LogP contribution in [0.3, 0.4) is 0 Å². The predicted octanol–water partition coefficient (Wildman–Crippen LogP) is 4.03. The second-order valence-electron chi connectivity index (χ2n) is 7.23. The summed E-state index contributed by atoms with van der Waals surface area (Å²) in [6.45, 7) is 3.07. The number of carbonyl (C=O) groups excluding carboxylic acids is 1. The molecule has 0 saturated carbocycles. The number of nitrogens with zero attached hydrogens (tertiary/aromatic N) is 3. The number of nitrogens with one attached hydrogen (secondary N) is 2. The highest BCUT2D eigenvalue weighted by Gasteiger charge is 2.20. The highest BCUT2D eigenvalue weighted by atomic mass is 32.1. The van der Waals surface area contributed by atoms with Crippen molar-refractivity contribution in [3.8, 4) is 10.6 Å². The van der Waals surface area contributed by atoms with Gasteiger partial charge in [-0.2, -0.15) is 0 Å². The molecule has 7 heteroatoms. The largest absolute Gasteiger partial charge is 0.335 e. The van der Waals surface area contributed by atoms with Crippen molar-refractivity contribution in [2.24, 2.45) is 0 Å². The van der Waals surface area contributed by atoms with Gasteiger partial charge in [-0.15, -0.1) is 11.3 Å². The van der Waals surface area contributed by atoms with E-state index in [9.17, 15) is 4.79 Å². The number of amides is 2. The molecule has 3 heterocycles. The summed E-state index contributed by atoms with van der Waals surface area (Å²) < 4.78 is 0. The van der Waals surface area contributed by atoms with Crippen molar-refractivity contribution in [2.45, 2.75) is 25.3 Å². The number of piperidine rings is 1. The first-order chi connectivity index (χ1) is 14.3. The highest BCUT2D eigenvalue weighted by Crippen LogP contribution is 2.23. The van der Waals surface area contributed by atoms with Gasteiger partial charge < -0.3 is 15.5 Å². The van der Waals surface area contributed by atoms with Crippen molar-refractivity contribution in [3.63, 3.8) is 0 Å². The molecule has 0 bridgehead atoms. The van der Waals surface area contributed by atoms with Crippen molar-refractivity contribution >= 4 is 23.1 Å². The Morgan fingerprint density at radius 2 is 1.83 bits per heavy atom. The van der Waals surface area contributed by atoms with Gasteiger partial charge in [0.2, 0.25) is 0 Å². The van der Waals surface area contributed by atoms with Crippen molar-refractivity contribution in [1.29, 1.82) is 0 Å². The Morgan fingerprint density at radius 3 is 2.52 bits per heavy atom. The fraction of sp³-hybridized carbons (Fsp3) is 0.318. The molecule has 2 amide bonds. The maximum absolute atomic E-state index is 12.3. The van der Waals surface area contributed by atoms with Gasteiger partial charge in [0.05, 0.1) is 0 Å². The number of benzene rings is 1. The number of thiazole rings is 1. The number of aromatic nitrogens is 2. The SMILES string of the molecule is O=C(Nc1ccc(-c2nccs2)cc1)NC1CCN(CCc2ccncc2)CC1. The van der Waals surface area contributed by atoms with E-state index in [1.807, 2.05) is 42.0 Å². The number of rotatable bonds is 6. The number of likely N-dealkylation sites (tertiary alicyclic amines) is 1. The number of hydrogen-bond acceptors (Lipinski definition) is 5. The molecule has 0 unspecified atom stereocenters. The van der Waals surface area contributed by atoms with E-state index < -0.39 is 0 Å². The minimum Gasteiger partial charge on any atom is -0.335 e. The van der Waals surface area contributed by atoms with Crippen LogP contribution in [0.25, 0.3) is 10.6 Å². The van der Waals surface area contributed by atoms with E-state index in [4.69, 9.17) is 0 Å². The summed E-state index contributed by atoms with van der Waals surface area (Å²) in [6.07, 6.45) is 8.48. The lowest BCUT2D eigenvalue weighted by atomic mass is 10.0. The van der Waals surface area contributed by atoms with E-state index in [1.54, 1.807) is 17.5 Å². The highest BCUT2D eigenvalue weighted by molar-refractivity contribution is 7.13. The van der Waals surface area contributed by atoms with Crippen LogP contribution in [0, 0.1) is 0 Å². The smallest absolute Gasteiger partial charge is 0.319 e. The van der Waals surface area contributed by atoms with E-state index in [1.165, 1.54) is 5.56 Å². The number of carbonyl (C=O) groups is 1. The molecule has 4 rings (SSSR count). The van der Waals surface area contributed by atoms with E-state index >= 15 is 0 Å². The summed E-state index contributed by atoms with van der Waals surface area (Å²) in [5, 5.41) is 8.98. The van der Waals surface area contributed by atoms with E-state index in [-0.39, 0.29) is 12.1 Å². The second kappa shape index (κ2) is 9.62. The van der Waals surface area contributed by atoms with Crippen LogP contribution < -0.4 is 10.6 Å². The molecule has 0 radical (unpaired) electrons. The van der Waals surface area contributed by atoms with Crippen LogP contribution in [0.2, 0.25) is 0 Å². The molecular formula is C22H25N5OS. The molecule has 1 aliphatic rings. The van der Waals surface area contributed by atoms with Gasteiger partial charge in [0.15, 0.2) is 0 Å². The second-order valence-corrected chi connectivity index (χ2v) is 8.13. The van der Waals surface area contributed by atoms with Crippen LogP contribution in [0.5, 0.6) is 0 Å². The van der Waals surface area contributed by atoms with Crippen LogP contribution in [-0.2, 0) is 6.42 Å². The Balaban J connectivity index is 1.19. The zero-order chi connectivity index (χ0) is 19.9. The molecule has 1 saturated heterocycles. The zero-order valence-corrected chi connectivity index (χ0v) is 17.1. The molecule has 1 fully saturated rings. The van der Waals surface area contributed by atoms with Crippen molar-refractivity contribution in [1.82, 2.24) is 20.2 Å². The quantitative estimate of drug-likeness (QED) is 0.647. The lowest BCUT2D eigenvalue weighted by Gasteiger charge is -2.32. The van der Waals surface area contributed by atoms with Gasteiger partial charge in [0.25, 0.3) is 0 Å². The Bertz CT molecular complexity index is 891. The number of anilines is 1. The number of pyridine rings is 1. The minimum atomic E-state index is -0.137. The summed E-state index contributed by atoms with van der Waals surface area (Å²) in [5.74, 6) is 0. The van der Waals surface area contributed by atoms with Crippen molar-refractivity contribution in [2.75, 3.05) is 25.0 Å². The molecule has 150 valence electrons. The average Bonchev–Trinajstić information content (AvgIpc) is 3.29. The van der Waals surface area contributed by atoms with Crippen LogP contribution in [0.4, 0.5) is 10.5 Å². The van der Waals surface area contributed by atoms with Crippen molar-refractivity contribution < 1.29 is 4.79 Å². The molecule has 2 aromatic heterocycles. The Morgan fingerprint density at radius 1 is 1.07 bits per heavy atom. The first kappa shape index (κ1) is 19.5. The Labute approximate surface area is 175 Å². The van der Waals surface area contributed by atoms with Crippen LogP contribution >= 0.6 is 11.3 Å². The van der Waals surface area contributed by atoms with Crippen LogP contribution in [0.1, 0.15) is 18.4 Å². The predicted molar refractivity (Wildman–Crippen MR) is 117 cm³/mol. The topological polar surface area (TPSA) is 70.2 Å². The van der Waals surface area contributed by atoms with Crippen LogP contribution in [-0.4, -0.2) is 46.6 Å². The molecule has 0 atom stereocenters. The van der Waals surface area contributed by atoms with Gasteiger partial charge in [-0.05, 0) is 61.2 Å². The Kier molecular flexibility index (Phi) is 6.49. The van der Waals surface area contributed by atoms with Gasteiger partial charge in [0.1, 0.15) is 5.01 Å². The molecule has 0 spiro atoms. The fourth-order valence-corrected chi connectivity index (χ4v) is 4.20.